The van der Waals surface area contributed by atoms with Gasteiger partial charge in [0.1, 0.15) is 5.56 Å². The zero-order valence-electron chi connectivity index (χ0n) is 11.1. The Morgan fingerprint density at radius 1 is 1.30 bits per heavy atom. The lowest BCUT2D eigenvalue weighted by atomic mass is 10.1. The lowest BCUT2D eigenvalue weighted by Crippen LogP contribution is -2.29. The minimum Gasteiger partial charge on any atom is -0.505 e. The van der Waals surface area contributed by atoms with Gasteiger partial charge in [-0.3, -0.25) is 0 Å². The minimum atomic E-state index is -1.24. The van der Waals surface area contributed by atoms with Gasteiger partial charge in [-0.15, -0.1) is 0 Å². The van der Waals surface area contributed by atoms with E-state index in [1.807, 2.05) is 0 Å². The average molecular weight is 278 g/mol. The first-order valence-electron chi connectivity index (χ1n) is 6.68. The highest BCUT2D eigenvalue weighted by molar-refractivity contribution is 5.97. The van der Waals surface area contributed by atoms with E-state index in [1.54, 1.807) is 0 Å². The van der Waals surface area contributed by atoms with Crippen LogP contribution < -0.4 is 10.6 Å². The van der Waals surface area contributed by atoms with Gasteiger partial charge in [-0.05, 0) is 30.9 Å². The van der Waals surface area contributed by atoms with Crippen molar-refractivity contribution < 1.29 is 19.8 Å². The first kappa shape index (κ1) is 14.2. The average Bonchev–Trinajstić information content (AvgIpc) is 3.21. The Morgan fingerprint density at radius 2 is 2.05 bits per heavy atom. The summed E-state index contributed by atoms with van der Waals surface area (Å²) >= 11 is 0. The zero-order valence-corrected chi connectivity index (χ0v) is 11.1. The Morgan fingerprint density at radius 3 is 2.70 bits per heavy atom. The van der Waals surface area contributed by atoms with Crippen molar-refractivity contribution in [1.82, 2.24) is 5.32 Å². The molecule has 0 unspecified atom stereocenters. The number of carbonyl (C=O) groups is 2. The molecule has 4 N–H and O–H groups in total. The lowest BCUT2D eigenvalue weighted by molar-refractivity contribution is 0.0693. The number of aromatic carboxylic acids is 1. The quantitative estimate of drug-likeness (QED) is 0.474. The summed E-state index contributed by atoms with van der Waals surface area (Å²) in [6.45, 7) is 0.571. The first-order valence-corrected chi connectivity index (χ1v) is 6.68. The van der Waals surface area contributed by atoms with Gasteiger partial charge in [0.25, 0.3) is 0 Å². The van der Waals surface area contributed by atoms with Crippen LogP contribution in [0.25, 0.3) is 0 Å². The molecule has 20 heavy (non-hydrogen) atoms. The van der Waals surface area contributed by atoms with E-state index in [-0.39, 0.29) is 11.3 Å². The third-order valence-corrected chi connectivity index (χ3v) is 3.29. The van der Waals surface area contributed by atoms with Crippen molar-refractivity contribution in [1.29, 1.82) is 0 Å². The molecule has 1 saturated carbocycles. The molecular formula is C14H18N2O4. The Balaban J connectivity index is 1.83. The number of phenols is 1. The van der Waals surface area contributed by atoms with E-state index >= 15 is 0 Å². The topological polar surface area (TPSA) is 98.7 Å². The second-order valence-corrected chi connectivity index (χ2v) is 4.97. The van der Waals surface area contributed by atoms with Crippen molar-refractivity contribution in [2.24, 2.45) is 5.92 Å². The zero-order chi connectivity index (χ0) is 14.5. The standard InChI is InChI=1S/C14H18N2O4/c17-12-10(13(18)19)4-1-5-11(12)16-14(20)15-8-2-3-9-6-7-9/h1,4-5,9,17H,2-3,6-8H2,(H,18,19)(H2,15,16,20). The number of nitrogens with one attached hydrogen (secondary N) is 2. The highest BCUT2D eigenvalue weighted by atomic mass is 16.4. The van der Waals surface area contributed by atoms with Crippen molar-refractivity contribution in [3.8, 4) is 5.75 Å². The van der Waals surface area contributed by atoms with Crippen LogP contribution in [-0.2, 0) is 0 Å². The third-order valence-electron chi connectivity index (χ3n) is 3.29. The van der Waals surface area contributed by atoms with Crippen molar-refractivity contribution in [2.45, 2.75) is 25.7 Å². The Bertz CT molecular complexity index is 512. The molecule has 0 bridgehead atoms. The van der Waals surface area contributed by atoms with E-state index < -0.39 is 17.7 Å². The third kappa shape index (κ3) is 3.88. The van der Waals surface area contributed by atoms with Gasteiger partial charge in [-0.1, -0.05) is 18.9 Å². The van der Waals surface area contributed by atoms with Crippen LogP contribution in [0.2, 0.25) is 0 Å². The van der Waals surface area contributed by atoms with Gasteiger partial charge in [0, 0.05) is 6.54 Å². The molecule has 6 heteroatoms. The van der Waals surface area contributed by atoms with Gasteiger partial charge < -0.3 is 20.8 Å². The number of carbonyl (C=O) groups excluding carboxylic acids is 1. The largest absolute Gasteiger partial charge is 0.505 e. The molecule has 0 atom stereocenters. The fourth-order valence-electron chi connectivity index (χ4n) is 1.98. The van der Waals surface area contributed by atoms with Gasteiger partial charge in [0.15, 0.2) is 5.75 Å². The van der Waals surface area contributed by atoms with Crippen LogP contribution >= 0.6 is 0 Å². The number of carboxylic acid groups (broad SMARTS) is 1. The number of para-hydroxylation sites is 1. The molecule has 0 aromatic heterocycles. The molecule has 0 aliphatic heterocycles. The molecule has 0 spiro atoms. The van der Waals surface area contributed by atoms with Gasteiger partial charge in [0.05, 0.1) is 5.69 Å². The van der Waals surface area contributed by atoms with Crippen molar-refractivity contribution >= 4 is 17.7 Å². The molecule has 1 fully saturated rings. The number of carboxylic acids is 1. The number of aromatic hydroxyl groups is 1. The van der Waals surface area contributed by atoms with Gasteiger partial charge >= 0.3 is 12.0 Å². The van der Waals surface area contributed by atoms with E-state index in [9.17, 15) is 14.7 Å². The number of benzene rings is 1. The van der Waals surface area contributed by atoms with Crippen LogP contribution in [-0.4, -0.2) is 28.8 Å². The SMILES string of the molecule is O=C(NCCCC1CC1)Nc1cccc(C(=O)O)c1O. The second-order valence-electron chi connectivity index (χ2n) is 4.97. The van der Waals surface area contributed by atoms with Crippen LogP contribution in [0.4, 0.5) is 10.5 Å². The van der Waals surface area contributed by atoms with Crippen LogP contribution in [0.15, 0.2) is 18.2 Å². The van der Waals surface area contributed by atoms with E-state index in [1.165, 1.54) is 31.0 Å². The van der Waals surface area contributed by atoms with E-state index in [0.717, 1.165) is 18.8 Å². The van der Waals surface area contributed by atoms with E-state index in [2.05, 4.69) is 10.6 Å². The van der Waals surface area contributed by atoms with Crippen molar-refractivity contribution in [3.63, 3.8) is 0 Å². The number of amides is 2. The summed E-state index contributed by atoms with van der Waals surface area (Å²) in [5.41, 5.74) is -0.152. The summed E-state index contributed by atoms with van der Waals surface area (Å²) in [5.74, 6) is -0.847. The minimum absolute atomic E-state index is 0.0876. The van der Waals surface area contributed by atoms with Crippen LogP contribution in [0.3, 0.4) is 0 Å². The molecule has 108 valence electrons. The Kier molecular flexibility index (Phi) is 4.45. The second kappa shape index (κ2) is 6.27. The summed E-state index contributed by atoms with van der Waals surface area (Å²) < 4.78 is 0. The summed E-state index contributed by atoms with van der Waals surface area (Å²) in [4.78, 5) is 22.5. The summed E-state index contributed by atoms with van der Waals surface area (Å²) in [6, 6.07) is 3.74. The van der Waals surface area contributed by atoms with E-state index in [0.29, 0.717) is 6.54 Å². The molecule has 1 aliphatic rings. The summed E-state index contributed by atoms with van der Waals surface area (Å²) in [6.07, 6.45) is 4.64. The van der Waals surface area contributed by atoms with Crippen LogP contribution in [0.5, 0.6) is 5.75 Å². The molecule has 0 heterocycles. The molecule has 2 amide bonds. The maximum Gasteiger partial charge on any atom is 0.339 e. The normalized spacial score (nSPS) is 13.8. The van der Waals surface area contributed by atoms with Gasteiger partial charge in [0.2, 0.25) is 0 Å². The van der Waals surface area contributed by atoms with Crippen molar-refractivity contribution in [3.05, 3.63) is 23.8 Å². The smallest absolute Gasteiger partial charge is 0.339 e. The lowest BCUT2D eigenvalue weighted by Gasteiger charge is -2.10. The Hall–Kier alpha value is -2.24. The maximum atomic E-state index is 11.6. The highest BCUT2D eigenvalue weighted by Gasteiger charge is 2.20. The molecule has 6 nitrogen and oxygen atoms in total. The number of anilines is 1. The van der Waals surface area contributed by atoms with Crippen LogP contribution in [0, 0.1) is 5.92 Å². The molecule has 1 aromatic rings. The summed E-state index contributed by atoms with van der Waals surface area (Å²) in [5, 5.41) is 23.7. The highest BCUT2D eigenvalue weighted by Crippen LogP contribution is 2.33. The van der Waals surface area contributed by atoms with Crippen LogP contribution in [0.1, 0.15) is 36.0 Å². The first-order chi connectivity index (χ1) is 9.58. The van der Waals surface area contributed by atoms with Gasteiger partial charge in [-0.2, -0.15) is 0 Å². The van der Waals surface area contributed by atoms with Crippen molar-refractivity contribution in [2.75, 3.05) is 11.9 Å². The fourth-order valence-corrected chi connectivity index (χ4v) is 1.98. The van der Waals surface area contributed by atoms with Gasteiger partial charge in [-0.25, -0.2) is 9.59 Å². The molecular weight excluding hydrogens is 260 g/mol. The molecule has 1 aliphatic carbocycles. The number of rotatable bonds is 6. The number of urea groups is 1. The fraction of sp³-hybridized carbons (Fsp3) is 0.429. The predicted molar refractivity (Wildman–Crippen MR) is 74.0 cm³/mol. The molecule has 2 rings (SSSR count). The van der Waals surface area contributed by atoms with E-state index in [4.69, 9.17) is 5.11 Å². The molecule has 1 aromatic carbocycles. The molecule has 0 saturated heterocycles. The number of hydrogen-bond donors (Lipinski definition) is 4. The summed E-state index contributed by atoms with van der Waals surface area (Å²) in [7, 11) is 0. The molecule has 0 radical (unpaired) electrons. The predicted octanol–water partition coefficient (Wildman–Crippen LogP) is 2.40. The maximum absolute atomic E-state index is 11.6. The Labute approximate surface area is 116 Å². The number of hydrogen-bond acceptors (Lipinski definition) is 3. The monoisotopic (exact) mass is 278 g/mol.